The highest BCUT2D eigenvalue weighted by Crippen LogP contribution is 2.40. The van der Waals surface area contributed by atoms with Crippen LogP contribution in [0.1, 0.15) is 66.6 Å². The molecule has 1 aromatic carbocycles. The Kier molecular flexibility index (Phi) is 7.01. The van der Waals surface area contributed by atoms with E-state index in [1.54, 1.807) is 11.3 Å². The van der Waals surface area contributed by atoms with Gasteiger partial charge in [-0.1, -0.05) is 24.3 Å². The van der Waals surface area contributed by atoms with E-state index in [9.17, 15) is 14.4 Å². The van der Waals surface area contributed by atoms with Gasteiger partial charge in [0.2, 0.25) is 0 Å². The second-order valence-electron chi connectivity index (χ2n) is 9.55. The molecule has 0 aliphatic heterocycles. The molecule has 0 bridgehead atoms. The highest BCUT2D eigenvalue weighted by atomic mass is 32.1. The number of hydrogen-bond acceptors (Lipinski definition) is 8. The van der Waals surface area contributed by atoms with Gasteiger partial charge in [0, 0.05) is 15.1 Å². The van der Waals surface area contributed by atoms with Crippen LogP contribution < -0.4 is 5.32 Å². The van der Waals surface area contributed by atoms with Gasteiger partial charge in [0.1, 0.15) is 5.00 Å². The van der Waals surface area contributed by atoms with Crippen LogP contribution in [0, 0.1) is 0 Å². The molecule has 0 atom stereocenters. The standard InChI is InChI=1S/C30H26N2O5S2/c1-36-29(34)26-20-10-5-13-23(20)39-28(26)32-24(33)16-37-30(35)25-19-9-2-3-12-22(19)31-27-17(7-4-11-21(25)27)15-18-8-6-14-38-18/h2-3,6,8-9,12,14-15H,4-5,7,10-11,13,16H2,1H3,(H,32,33)/b17-15-. The lowest BCUT2D eigenvalue weighted by molar-refractivity contribution is -0.119. The van der Waals surface area contributed by atoms with E-state index in [-0.39, 0.29) is 0 Å². The number of thiophene rings is 2. The molecule has 1 amide bonds. The molecule has 4 aromatic rings. The minimum Gasteiger partial charge on any atom is -0.465 e. The number of pyridine rings is 1. The van der Waals surface area contributed by atoms with E-state index < -0.39 is 24.5 Å². The second-order valence-corrected chi connectivity index (χ2v) is 11.6. The van der Waals surface area contributed by atoms with Gasteiger partial charge in [-0.3, -0.25) is 4.79 Å². The number of benzene rings is 1. The Balaban J connectivity index is 1.27. The van der Waals surface area contributed by atoms with Crippen molar-refractivity contribution < 1.29 is 23.9 Å². The van der Waals surface area contributed by atoms with Crippen molar-refractivity contribution in [3.63, 3.8) is 0 Å². The number of fused-ring (bicyclic) bond motifs is 3. The summed E-state index contributed by atoms with van der Waals surface area (Å²) in [4.78, 5) is 46.0. The third-order valence-electron chi connectivity index (χ3n) is 7.13. The highest BCUT2D eigenvalue weighted by molar-refractivity contribution is 7.17. The highest BCUT2D eigenvalue weighted by Gasteiger charge is 2.29. The molecule has 7 nitrogen and oxygen atoms in total. The Morgan fingerprint density at radius 2 is 1.79 bits per heavy atom. The molecule has 9 heteroatoms. The predicted octanol–water partition coefficient (Wildman–Crippen LogP) is 6.31. The van der Waals surface area contributed by atoms with E-state index in [0.717, 1.165) is 64.3 Å². The quantitative estimate of drug-likeness (QED) is 0.279. The monoisotopic (exact) mass is 558 g/mol. The van der Waals surface area contributed by atoms with Crippen LogP contribution in [-0.4, -0.2) is 36.5 Å². The van der Waals surface area contributed by atoms with Gasteiger partial charge in [0.15, 0.2) is 6.61 Å². The minimum atomic E-state index is -0.556. The summed E-state index contributed by atoms with van der Waals surface area (Å²) in [5.74, 6) is -1.53. The Morgan fingerprint density at radius 1 is 0.974 bits per heavy atom. The number of nitrogens with zero attached hydrogens (tertiary/aromatic N) is 1. The molecular weight excluding hydrogens is 532 g/mol. The van der Waals surface area contributed by atoms with E-state index >= 15 is 0 Å². The number of aromatic nitrogens is 1. The molecule has 198 valence electrons. The van der Waals surface area contributed by atoms with Crippen molar-refractivity contribution in [2.75, 3.05) is 19.0 Å². The number of esters is 2. The first-order chi connectivity index (χ1) is 19.0. The second kappa shape index (κ2) is 10.7. The fraction of sp³-hybridized carbons (Fsp3) is 0.267. The van der Waals surface area contributed by atoms with Gasteiger partial charge < -0.3 is 14.8 Å². The predicted molar refractivity (Wildman–Crippen MR) is 153 cm³/mol. The lowest BCUT2D eigenvalue weighted by atomic mass is 9.86. The summed E-state index contributed by atoms with van der Waals surface area (Å²) < 4.78 is 10.5. The van der Waals surface area contributed by atoms with E-state index in [1.165, 1.54) is 18.4 Å². The van der Waals surface area contributed by atoms with Gasteiger partial charge in [0.25, 0.3) is 5.91 Å². The van der Waals surface area contributed by atoms with E-state index in [4.69, 9.17) is 14.5 Å². The Bertz CT molecular complexity index is 1630. The Hall–Kier alpha value is -3.82. The SMILES string of the molecule is COC(=O)c1c(NC(=O)COC(=O)c2c3c(nc4ccccc24)/C(=C\c2cccs2)CCC3)sc2c1CCC2. The maximum atomic E-state index is 13.5. The van der Waals surface area contributed by atoms with Crippen LogP contribution in [-0.2, 0) is 33.5 Å². The fourth-order valence-electron chi connectivity index (χ4n) is 5.43. The van der Waals surface area contributed by atoms with E-state index in [0.29, 0.717) is 33.5 Å². The van der Waals surface area contributed by atoms with Crippen LogP contribution in [0.4, 0.5) is 5.00 Å². The molecule has 0 spiro atoms. The Morgan fingerprint density at radius 3 is 2.62 bits per heavy atom. The van der Waals surface area contributed by atoms with Crippen LogP contribution in [0.5, 0.6) is 0 Å². The van der Waals surface area contributed by atoms with Crippen LogP contribution in [0.25, 0.3) is 22.6 Å². The third-order valence-corrected chi connectivity index (χ3v) is 9.16. The van der Waals surface area contributed by atoms with Gasteiger partial charge in [-0.05, 0) is 78.8 Å². The average Bonchev–Trinajstić information content (AvgIpc) is 3.69. The molecule has 0 saturated heterocycles. The van der Waals surface area contributed by atoms with Crippen molar-refractivity contribution in [2.24, 2.45) is 0 Å². The zero-order valence-electron chi connectivity index (χ0n) is 21.4. The minimum absolute atomic E-state index is 0.411. The number of hydrogen-bond donors (Lipinski definition) is 1. The number of amides is 1. The number of rotatable bonds is 6. The molecule has 3 heterocycles. The number of carbonyl (C=O) groups is 3. The number of carbonyl (C=O) groups excluding carboxylic acids is 3. The van der Waals surface area contributed by atoms with E-state index in [2.05, 4.69) is 17.5 Å². The number of nitrogens with one attached hydrogen (secondary N) is 1. The molecule has 1 N–H and O–H groups in total. The van der Waals surface area contributed by atoms with Gasteiger partial charge in [-0.2, -0.15) is 0 Å². The van der Waals surface area contributed by atoms with Gasteiger partial charge in [-0.15, -0.1) is 22.7 Å². The van der Waals surface area contributed by atoms with Crippen molar-refractivity contribution in [1.29, 1.82) is 0 Å². The summed E-state index contributed by atoms with van der Waals surface area (Å²) in [6, 6.07) is 11.6. The number of allylic oxidation sites excluding steroid dienone is 1. The first kappa shape index (κ1) is 25.5. The number of anilines is 1. The van der Waals surface area contributed by atoms with Crippen LogP contribution in [0.15, 0.2) is 41.8 Å². The number of para-hydroxylation sites is 1. The molecule has 0 saturated carbocycles. The van der Waals surface area contributed by atoms with Crippen LogP contribution in [0.2, 0.25) is 0 Å². The van der Waals surface area contributed by atoms with Gasteiger partial charge in [0.05, 0.1) is 29.4 Å². The first-order valence-electron chi connectivity index (χ1n) is 12.9. The normalized spacial score (nSPS) is 15.2. The number of aryl methyl sites for hydroxylation is 1. The van der Waals surface area contributed by atoms with Crippen LogP contribution in [0.3, 0.4) is 0 Å². The van der Waals surface area contributed by atoms with Crippen molar-refractivity contribution in [3.05, 3.63) is 79.5 Å². The average molecular weight is 559 g/mol. The van der Waals surface area contributed by atoms with E-state index in [1.807, 2.05) is 35.7 Å². The topological polar surface area (TPSA) is 94.6 Å². The maximum absolute atomic E-state index is 13.5. The lowest BCUT2D eigenvalue weighted by Crippen LogP contribution is -2.23. The summed E-state index contributed by atoms with van der Waals surface area (Å²) in [6.45, 7) is -0.467. The Labute approximate surface area is 233 Å². The van der Waals surface area contributed by atoms with Crippen molar-refractivity contribution >= 4 is 68.1 Å². The molecular formula is C30H26N2O5S2. The molecule has 2 aliphatic carbocycles. The maximum Gasteiger partial charge on any atom is 0.341 e. The smallest absolute Gasteiger partial charge is 0.341 e. The number of methoxy groups -OCH3 is 1. The summed E-state index contributed by atoms with van der Waals surface area (Å²) in [6.07, 6.45) is 7.25. The summed E-state index contributed by atoms with van der Waals surface area (Å²) in [5, 5.41) is 5.97. The largest absolute Gasteiger partial charge is 0.465 e. The number of ether oxygens (including phenoxy) is 2. The molecule has 3 aromatic heterocycles. The van der Waals surface area contributed by atoms with Crippen LogP contribution >= 0.6 is 22.7 Å². The third kappa shape index (κ3) is 4.88. The molecule has 2 aliphatic rings. The van der Waals surface area contributed by atoms with Gasteiger partial charge in [-0.25, -0.2) is 14.6 Å². The summed E-state index contributed by atoms with van der Waals surface area (Å²) in [7, 11) is 1.33. The first-order valence-corrected chi connectivity index (χ1v) is 14.6. The lowest BCUT2D eigenvalue weighted by Gasteiger charge is -2.22. The molecule has 6 rings (SSSR count). The molecule has 0 fully saturated rings. The summed E-state index contributed by atoms with van der Waals surface area (Å²) in [5.41, 5.74) is 5.30. The zero-order chi connectivity index (χ0) is 26.9. The summed E-state index contributed by atoms with van der Waals surface area (Å²) >= 11 is 3.05. The van der Waals surface area contributed by atoms with Gasteiger partial charge >= 0.3 is 11.9 Å². The fourth-order valence-corrected chi connectivity index (χ4v) is 7.40. The molecule has 0 unspecified atom stereocenters. The van der Waals surface area contributed by atoms with Crippen molar-refractivity contribution in [1.82, 2.24) is 4.98 Å². The molecule has 39 heavy (non-hydrogen) atoms. The zero-order valence-corrected chi connectivity index (χ0v) is 23.0. The van der Waals surface area contributed by atoms with Crippen molar-refractivity contribution in [3.8, 4) is 0 Å². The molecule has 0 radical (unpaired) electrons. The van der Waals surface area contributed by atoms with Crippen molar-refractivity contribution in [2.45, 2.75) is 38.5 Å².